The highest BCUT2D eigenvalue weighted by atomic mass is 35.7. The molecule has 0 bridgehead atoms. The third-order valence-corrected chi connectivity index (χ3v) is 4.04. The van der Waals surface area contributed by atoms with Gasteiger partial charge in [0, 0.05) is 16.7 Å². The summed E-state index contributed by atoms with van der Waals surface area (Å²) in [6.45, 7) is 5.11. The van der Waals surface area contributed by atoms with Crippen molar-refractivity contribution < 1.29 is 17.9 Å². The van der Waals surface area contributed by atoms with Gasteiger partial charge in [-0.1, -0.05) is 26.7 Å². The molecule has 4 nitrogen and oxygen atoms in total. The largest absolute Gasteiger partial charge is 0.494 e. The molecule has 0 aliphatic carbocycles. The highest BCUT2D eigenvalue weighted by Gasteiger charge is 2.18. The zero-order valence-corrected chi connectivity index (χ0v) is 13.5. The van der Waals surface area contributed by atoms with Gasteiger partial charge in [0.1, 0.15) is 16.4 Å². The van der Waals surface area contributed by atoms with Crippen molar-refractivity contribution in [3.63, 3.8) is 0 Å². The number of hydrogen-bond donors (Lipinski definition) is 0. The van der Waals surface area contributed by atoms with Crippen molar-refractivity contribution in [1.29, 1.82) is 0 Å². The van der Waals surface area contributed by atoms with Crippen molar-refractivity contribution in [2.75, 3.05) is 13.2 Å². The Morgan fingerprint density at radius 1 is 1.05 bits per heavy atom. The normalized spacial score (nSPS) is 11.3. The maximum absolute atomic E-state index is 11.6. The smallest absolute Gasteiger partial charge is 0.265 e. The molecule has 0 aromatic heterocycles. The summed E-state index contributed by atoms with van der Waals surface area (Å²) < 4.78 is 34.1. The van der Waals surface area contributed by atoms with Crippen LogP contribution < -0.4 is 9.47 Å². The van der Waals surface area contributed by atoms with E-state index in [1.807, 2.05) is 6.92 Å². The zero-order valence-electron chi connectivity index (χ0n) is 11.9. The first-order chi connectivity index (χ1) is 9.49. The first-order valence-electron chi connectivity index (χ1n) is 6.83. The van der Waals surface area contributed by atoms with Crippen LogP contribution in [0.15, 0.2) is 23.1 Å². The Kier molecular flexibility index (Phi) is 7.16. The average Bonchev–Trinajstić information content (AvgIpc) is 2.39. The van der Waals surface area contributed by atoms with Gasteiger partial charge >= 0.3 is 0 Å². The number of rotatable bonds is 9. The lowest BCUT2D eigenvalue weighted by atomic mass is 10.3. The van der Waals surface area contributed by atoms with E-state index >= 15 is 0 Å². The molecule has 0 amide bonds. The van der Waals surface area contributed by atoms with E-state index in [1.165, 1.54) is 6.07 Å². The number of ether oxygens (including phenoxy) is 2. The molecule has 6 heteroatoms. The van der Waals surface area contributed by atoms with Gasteiger partial charge in [-0.15, -0.1) is 0 Å². The minimum absolute atomic E-state index is 0.0377. The molecule has 0 N–H and O–H groups in total. The molecule has 0 aliphatic heterocycles. The molecule has 20 heavy (non-hydrogen) atoms. The van der Waals surface area contributed by atoms with E-state index in [9.17, 15) is 8.42 Å². The van der Waals surface area contributed by atoms with Crippen LogP contribution in [-0.4, -0.2) is 21.6 Å². The van der Waals surface area contributed by atoms with Gasteiger partial charge in [0.2, 0.25) is 0 Å². The third kappa shape index (κ3) is 5.59. The van der Waals surface area contributed by atoms with E-state index in [4.69, 9.17) is 20.2 Å². The van der Waals surface area contributed by atoms with Gasteiger partial charge in [-0.05, 0) is 25.0 Å². The van der Waals surface area contributed by atoms with E-state index in [2.05, 4.69) is 6.92 Å². The third-order valence-electron chi connectivity index (χ3n) is 2.70. The fourth-order valence-corrected chi connectivity index (χ4v) is 2.53. The molecule has 1 aromatic carbocycles. The summed E-state index contributed by atoms with van der Waals surface area (Å²) >= 11 is 0. The van der Waals surface area contributed by atoms with Crippen LogP contribution >= 0.6 is 10.7 Å². The lowest BCUT2D eigenvalue weighted by Crippen LogP contribution is -2.03. The second kappa shape index (κ2) is 8.37. The molecule has 0 atom stereocenters. The van der Waals surface area contributed by atoms with Gasteiger partial charge < -0.3 is 9.47 Å². The summed E-state index contributed by atoms with van der Waals surface area (Å²) in [4.78, 5) is -0.0377. The van der Waals surface area contributed by atoms with Gasteiger partial charge in [-0.25, -0.2) is 8.42 Å². The van der Waals surface area contributed by atoms with E-state index < -0.39 is 9.05 Å². The highest BCUT2D eigenvalue weighted by molar-refractivity contribution is 8.13. The molecule has 114 valence electrons. The summed E-state index contributed by atoms with van der Waals surface area (Å²) in [6.07, 6.45) is 3.76. The lowest BCUT2D eigenvalue weighted by molar-refractivity contribution is 0.294. The van der Waals surface area contributed by atoms with Crippen LogP contribution in [0.3, 0.4) is 0 Å². The first-order valence-corrected chi connectivity index (χ1v) is 9.14. The second-order valence-corrected chi connectivity index (χ2v) is 6.98. The summed E-state index contributed by atoms with van der Waals surface area (Å²) in [6, 6.07) is 4.70. The van der Waals surface area contributed by atoms with Gasteiger partial charge in [0.25, 0.3) is 9.05 Å². The maximum Gasteiger partial charge on any atom is 0.265 e. The van der Waals surface area contributed by atoms with Crippen LogP contribution in [0.5, 0.6) is 11.5 Å². The Morgan fingerprint density at radius 2 is 1.65 bits per heavy atom. The Morgan fingerprint density at radius 3 is 2.20 bits per heavy atom. The Balaban J connectivity index is 2.89. The SMILES string of the molecule is CCCCOc1ccc(OCCCC)c(S(=O)(=O)Cl)c1. The van der Waals surface area contributed by atoms with Gasteiger partial charge in [-0.2, -0.15) is 0 Å². The molecular weight excluding hydrogens is 300 g/mol. The number of unbranched alkanes of at least 4 members (excludes halogenated alkanes) is 2. The van der Waals surface area contributed by atoms with Crippen LogP contribution in [-0.2, 0) is 9.05 Å². The Hall–Kier alpha value is -0.940. The number of halogens is 1. The second-order valence-electron chi connectivity index (χ2n) is 4.45. The van der Waals surface area contributed by atoms with Crippen LogP contribution in [0, 0.1) is 0 Å². The van der Waals surface area contributed by atoms with Crippen LogP contribution in [0.2, 0.25) is 0 Å². The molecule has 0 radical (unpaired) electrons. The van der Waals surface area contributed by atoms with Gasteiger partial charge in [-0.3, -0.25) is 0 Å². The Bertz CT molecular complexity index is 514. The summed E-state index contributed by atoms with van der Waals surface area (Å²) in [7, 11) is 1.59. The molecule has 0 heterocycles. The summed E-state index contributed by atoms with van der Waals surface area (Å²) in [5, 5.41) is 0. The van der Waals surface area contributed by atoms with Crippen molar-refractivity contribution in [2.24, 2.45) is 0 Å². The predicted molar refractivity (Wildman–Crippen MR) is 80.3 cm³/mol. The fourth-order valence-electron chi connectivity index (χ4n) is 1.55. The maximum atomic E-state index is 11.6. The first kappa shape index (κ1) is 17.1. The quantitative estimate of drug-likeness (QED) is 0.510. The molecule has 0 aliphatic rings. The number of benzene rings is 1. The van der Waals surface area contributed by atoms with Gasteiger partial charge in [0.15, 0.2) is 0 Å². The molecule has 0 unspecified atom stereocenters. The lowest BCUT2D eigenvalue weighted by Gasteiger charge is -2.12. The molecule has 0 spiro atoms. The van der Waals surface area contributed by atoms with E-state index in [0.717, 1.165) is 25.7 Å². The van der Waals surface area contributed by atoms with Crippen LogP contribution in [0.25, 0.3) is 0 Å². The average molecular weight is 321 g/mol. The highest BCUT2D eigenvalue weighted by Crippen LogP contribution is 2.31. The molecule has 1 rings (SSSR count). The summed E-state index contributed by atoms with van der Waals surface area (Å²) in [5.41, 5.74) is 0. The molecule has 0 fully saturated rings. The van der Waals surface area contributed by atoms with Crippen LogP contribution in [0.4, 0.5) is 0 Å². The molecule has 0 saturated carbocycles. The van der Waals surface area contributed by atoms with E-state index in [1.54, 1.807) is 12.1 Å². The minimum atomic E-state index is -3.86. The van der Waals surface area contributed by atoms with Crippen molar-refractivity contribution in [2.45, 2.75) is 44.4 Å². The topological polar surface area (TPSA) is 52.6 Å². The van der Waals surface area contributed by atoms with E-state index in [-0.39, 0.29) is 10.6 Å². The van der Waals surface area contributed by atoms with Crippen molar-refractivity contribution in [3.05, 3.63) is 18.2 Å². The van der Waals surface area contributed by atoms with Gasteiger partial charge in [0.05, 0.1) is 13.2 Å². The zero-order chi connectivity index (χ0) is 15.0. The summed E-state index contributed by atoms with van der Waals surface area (Å²) in [5.74, 6) is 0.761. The predicted octanol–water partition coefficient (Wildman–Crippen LogP) is 3.97. The molecule has 0 saturated heterocycles. The number of hydrogen-bond acceptors (Lipinski definition) is 4. The minimum Gasteiger partial charge on any atom is -0.494 e. The van der Waals surface area contributed by atoms with Crippen LogP contribution in [0.1, 0.15) is 39.5 Å². The molecule has 1 aromatic rings. The van der Waals surface area contributed by atoms with E-state index in [0.29, 0.717) is 19.0 Å². The monoisotopic (exact) mass is 320 g/mol. The standard InChI is InChI=1S/C14H21ClO4S/c1-3-5-9-18-12-7-8-13(19-10-6-4-2)14(11-12)20(15,16)17/h7-8,11H,3-6,9-10H2,1-2H3. The Labute approximate surface area is 125 Å². The molecular formula is C14H21ClO4S. The fraction of sp³-hybridized carbons (Fsp3) is 0.571. The van der Waals surface area contributed by atoms with Crippen molar-refractivity contribution >= 4 is 19.7 Å². The van der Waals surface area contributed by atoms with Crippen molar-refractivity contribution in [3.8, 4) is 11.5 Å². The van der Waals surface area contributed by atoms with Crippen molar-refractivity contribution in [1.82, 2.24) is 0 Å².